The number of rotatable bonds is 6. The quantitative estimate of drug-likeness (QED) is 0.334. The van der Waals surface area contributed by atoms with E-state index in [1.807, 2.05) is 41.8 Å². The van der Waals surface area contributed by atoms with Crippen LogP contribution >= 0.6 is 27.7 Å². The van der Waals surface area contributed by atoms with E-state index in [0.717, 1.165) is 22.0 Å². The molecule has 8 nitrogen and oxygen atoms in total. The Hall–Kier alpha value is -2.73. The Morgan fingerprint density at radius 1 is 1.09 bits per heavy atom. The number of nitrogens with zero attached hydrogens (tertiary/aromatic N) is 3. The van der Waals surface area contributed by atoms with Gasteiger partial charge in [0.1, 0.15) is 0 Å². The molecule has 0 spiro atoms. The summed E-state index contributed by atoms with van der Waals surface area (Å²) in [5.41, 5.74) is 3.09. The van der Waals surface area contributed by atoms with Gasteiger partial charge in [-0.2, -0.15) is 0 Å². The summed E-state index contributed by atoms with van der Waals surface area (Å²) in [7, 11) is -3.81. The molecule has 3 aromatic carbocycles. The Balaban J connectivity index is 1.61. The predicted octanol–water partition coefficient (Wildman–Crippen LogP) is 4.57. The summed E-state index contributed by atoms with van der Waals surface area (Å²) in [4.78, 5) is 12.9. The zero-order valence-electron chi connectivity index (χ0n) is 18.6. The first-order chi connectivity index (χ1) is 16.1. The molecule has 1 heterocycles. The van der Waals surface area contributed by atoms with Crippen LogP contribution in [-0.2, 0) is 14.8 Å². The van der Waals surface area contributed by atoms with Crippen molar-refractivity contribution >= 4 is 60.1 Å². The van der Waals surface area contributed by atoms with Crippen molar-refractivity contribution in [2.24, 2.45) is 5.14 Å². The van der Waals surface area contributed by atoms with Crippen LogP contribution < -0.4 is 10.5 Å². The van der Waals surface area contributed by atoms with Gasteiger partial charge in [0.2, 0.25) is 20.7 Å². The van der Waals surface area contributed by atoms with Crippen molar-refractivity contribution in [3.8, 4) is 5.69 Å². The van der Waals surface area contributed by atoms with Crippen molar-refractivity contribution in [2.75, 3.05) is 5.32 Å². The number of nitrogens with one attached hydrogen (secondary N) is 1. The second kappa shape index (κ2) is 9.49. The molecule has 1 aromatic heterocycles. The zero-order valence-corrected chi connectivity index (χ0v) is 21.8. The first-order valence-corrected chi connectivity index (χ1v) is 13.5. The minimum absolute atomic E-state index is 0.00571. The number of primary sulfonamides is 1. The van der Waals surface area contributed by atoms with E-state index in [1.54, 1.807) is 13.8 Å². The molecule has 4 aromatic rings. The highest BCUT2D eigenvalue weighted by Gasteiger charge is 2.23. The highest BCUT2D eigenvalue weighted by Crippen LogP contribution is 2.34. The van der Waals surface area contributed by atoms with Crippen molar-refractivity contribution in [2.45, 2.75) is 36.1 Å². The summed E-state index contributed by atoms with van der Waals surface area (Å²) in [5, 5.41) is 18.7. The fourth-order valence-electron chi connectivity index (χ4n) is 3.58. The SMILES string of the molecule is Cc1cc(S(N)(=O)=O)ccc1NC(=O)C(C)Sc1nnc(Br)n1-c1c(C)ccc2ccccc12. The van der Waals surface area contributed by atoms with Gasteiger partial charge in [-0.25, -0.2) is 13.6 Å². The van der Waals surface area contributed by atoms with E-state index in [0.29, 0.717) is 21.1 Å². The van der Waals surface area contributed by atoms with Crippen LogP contribution in [0.5, 0.6) is 0 Å². The Morgan fingerprint density at radius 3 is 2.53 bits per heavy atom. The number of sulfonamides is 1. The summed E-state index contributed by atoms with van der Waals surface area (Å²) >= 11 is 4.78. The number of hydrogen-bond acceptors (Lipinski definition) is 6. The fraction of sp³-hybridized carbons (Fsp3) is 0.174. The Morgan fingerprint density at radius 2 is 1.82 bits per heavy atom. The number of benzene rings is 3. The van der Waals surface area contributed by atoms with Crippen LogP contribution in [0.25, 0.3) is 16.5 Å². The van der Waals surface area contributed by atoms with Crippen LogP contribution in [0.3, 0.4) is 0 Å². The van der Waals surface area contributed by atoms with Gasteiger partial charge in [-0.3, -0.25) is 9.36 Å². The topological polar surface area (TPSA) is 120 Å². The standard InChI is InChI=1S/C23H22BrN5O3S2/c1-13-8-9-16-6-4-5-7-18(16)20(13)29-22(24)27-28-23(29)33-15(3)21(30)26-19-11-10-17(12-14(19)2)34(25,31)32/h4-12,15H,1-3H3,(H,26,30)(H2,25,31,32). The fourth-order valence-corrected chi connectivity index (χ4v) is 5.57. The average Bonchev–Trinajstić information content (AvgIpc) is 3.13. The molecule has 0 aliphatic carbocycles. The van der Waals surface area contributed by atoms with Gasteiger partial charge in [0.15, 0.2) is 5.16 Å². The van der Waals surface area contributed by atoms with Crippen LogP contribution in [0.4, 0.5) is 5.69 Å². The summed E-state index contributed by atoms with van der Waals surface area (Å²) in [6.07, 6.45) is 0. The minimum Gasteiger partial charge on any atom is -0.325 e. The van der Waals surface area contributed by atoms with Gasteiger partial charge < -0.3 is 5.32 Å². The lowest BCUT2D eigenvalue weighted by Crippen LogP contribution is -2.23. The molecule has 0 aliphatic rings. The van der Waals surface area contributed by atoms with Gasteiger partial charge in [-0.1, -0.05) is 48.2 Å². The second-order valence-electron chi connectivity index (χ2n) is 7.81. The number of fused-ring (bicyclic) bond motifs is 1. The minimum atomic E-state index is -3.81. The lowest BCUT2D eigenvalue weighted by atomic mass is 10.0. The van der Waals surface area contributed by atoms with Gasteiger partial charge in [-0.15, -0.1) is 10.2 Å². The van der Waals surface area contributed by atoms with Crippen LogP contribution in [0.2, 0.25) is 0 Å². The van der Waals surface area contributed by atoms with E-state index in [9.17, 15) is 13.2 Å². The molecule has 1 atom stereocenters. The molecule has 0 radical (unpaired) electrons. The number of amides is 1. The smallest absolute Gasteiger partial charge is 0.238 e. The van der Waals surface area contributed by atoms with Gasteiger partial charge in [-0.05, 0) is 71.4 Å². The first kappa shape index (κ1) is 24.4. The number of nitrogens with two attached hydrogens (primary N) is 1. The van der Waals surface area contributed by atoms with E-state index in [2.05, 4.69) is 37.5 Å². The molecular weight excluding hydrogens is 538 g/mol. The van der Waals surface area contributed by atoms with Crippen molar-refractivity contribution in [3.05, 3.63) is 70.5 Å². The van der Waals surface area contributed by atoms with Crippen LogP contribution in [0, 0.1) is 13.8 Å². The first-order valence-electron chi connectivity index (χ1n) is 10.3. The van der Waals surface area contributed by atoms with Crippen molar-refractivity contribution in [1.29, 1.82) is 0 Å². The van der Waals surface area contributed by atoms with E-state index < -0.39 is 15.3 Å². The molecule has 0 aliphatic heterocycles. The molecule has 0 bridgehead atoms. The largest absolute Gasteiger partial charge is 0.325 e. The molecule has 34 heavy (non-hydrogen) atoms. The third-order valence-electron chi connectivity index (χ3n) is 5.36. The van der Waals surface area contributed by atoms with Crippen molar-refractivity contribution in [1.82, 2.24) is 14.8 Å². The van der Waals surface area contributed by atoms with Crippen molar-refractivity contribution in [3.63, 3.8) is 0 Å². The van der Waals surface area contributed by atoms with Gasteiger partial charge in [0.25, 0.3) is 0 Å². The molecule has 11 heteroatoms. The van der Waals surface area contributed by atoms with E-state index in [4.69, 9.17) is 5.14 Å². The maximum Gasteiger partial charge on any atom is 0.238 e. The van der Waals surface area contributed by atoms with E-state index in [-0.39, 0.29) is 10.8 Å². The molecule has 176 valence electrons. The molecule has 1 amide bonds. The normalized spacial score (nSPS) is 12.6. The maximum absolute atomic E-state index is 12.9. The summed E-state index contributed by atoms with van der Waals surface area (Å²) in [6, 6.07) is 16.5. The number of halogens is 1. The third-order valence-corrected chi connectivity index (χ3v) is 7.82. The molecule has 0 saturated heterocycles. The average molecular weight is 560 g/mol. The molecule has 3 N–H and O–H groups in total. The van der Waals surface area contributed by atoms with Crippen LogP contribution in [0.15, 0.2) is 69.4 Å². The maximum atomic E-state index is 12.9. The zero-order chi connectivity index (χ0) is 24.6. The number of aryl methyl sites for hydroxylation is 2. The van der Waals surface area contributed by atoms with Gasteiger partial charge in [0, 0.05) is 11.1 Å². The second-order valence-corrected chi connectivity index (χ2v) is 11.4. The van der Waals surface area contributed by atoms with E-state index in [1.165, 1.54) is 30.0 Å². The van der Waals surface area contributed by atoms with Crippen molar-refractivity contribution < 1.29 is 13.2 Å². The lowest BCUT2D eigenvalue weighted by molar-refractivity contribution is -0.115. The number of aromatic nitrogens is 3. The van der Waals surface area contributed by atoms with Crippen LogP contribution in [0.1, 0.15) is 18.1 Å². The highest BCUT2D eigenvalue weighted by atomic mass is 79.9. The number of carbonyl (C=O) groups excluding carboxylic acids is 1. The Bertz CT molecular complexity index is 1520. The predicted molar refractivity (Wildman–Crippen MR) is 138 cm³/mol. The summed E-state index contributed by atoms with van der Waals surface area (Å²) in [5.74, 6) is -0.253. The molecular formula is C23H22BrN5O3S2. The number of hydrogen-bond donors (Lipinski definition) is 2. The highest BCUT2D eigenvalue weighted by molar-refractivity contribution is 9.10. The lowest BCUT2D eigenvalue weighted by Gasteiger charge is -2.16. The molecule has 4 rings (SSSR count). The summed E-state index contributed by atoms with van der Waals surface area (Å²) in [6.45, 7) is 5.50. The molecule has 0 fully saturated rings. The van der Waals surface area contributed by atoms with Crippen LogP contribution in [-0.4, -0.2) is 34.3 Å². The Kier molecular flexibility index (Phi) is 6.81. The summed E-state index contributed by atoms with van der Waals surface area (Å²) < 4.78 is 25.5. The molecule has 1 unspecified atom stereocenters. The van der Waals surface area contributed by atoms with Gasteiger partial charge >= 0.3 is 0 Å². The number of thioether (sulfide) groups is 1. The number of anilines is 1. The Labute approximate surface area is 210 Å². The third kappa shape index (κ3) is 4.88. The molecule has 0 saturated carbocycles. The monoisotopic (exact) mass is 559 g/mol. The van der Waals surface area contributed by atoms with E-state index >= 15 is 0 Å². The number of carbonyl (C=O) groups is 1. The van der Waals surface area contributed by atoms with Gasteiger partial charge in [0.05, 0.1) is 15.8 Å².